The van der Waals surface area contributed by atoms with Crippen LogP contribution in [0, 0.1) is 6.92 Å². The lowest BCUT2D eigenvalue weighted by molar-refractivity contribution is 0.102. The zero-order valence-corrected chi connectivity index (χ0v) is 21.4. The fraction of sp³-hybridized carbons (Fsp3) is 0.400. The number of carbonyl (C=O) groups excluding carboxylic acids is 1. The van der Waals surface area contributed by atoms with E-state index >= 15 is 0 Å². The quantitative estimate of drug-likeness (QED) is 0.481. The number of hydrogen-bond acceptors (Lipinski definition) is 9. The molecule has 4 rings (SSSR count). The fourth-order valence-electron chi connectivity index (χ4n) is 4.17. The van der Waals surface area contributed by atoms with E-state index in [0.717, 1.165) is 44.2 Å². The summed E-state index contributed by atoms with van der Waals surface area (Å²) in [5, 5.41) is 12.6. The minimum atomic E-state index is -0.320. The number of hydrogen-bond donors (Lipinski definition) is 1. The number of anilines is 2. The number of methoxy groups -OCH3 is 3. The second kappa shape index (κ2) is 11.4. The molecule has 10 heteroatoms. The zero-order chi connectivity index (χ0) is 24.8. The Hall–Kier alpha value is -3.37. The molecule has 0 aliphatic carbocycles. The zero-order valence-electron chi connectivity index (χ0n) is 20.5. The minimum absolute atomic E-state index is 0.320. The van der Waals surface area contributed by atoms with Crippen LogP contribution in [0.3, 0.4) is 0 Å². The number of ether oxygens (including phenoxy) is 3. The molecule has 0 spiro atoms. The number of rotatable bonds is 9. The molecule has 3 aromatic rings. The molecule has 1 N–H and O–H groups in total. The number of nitrogens with one attached hydrogen (secondary N) is 1. The monoisotopic (exact) mass is 497 g/mol. The van der Waals surface area contributed by atoms with Gasteiger partial charge in [0.1, 0.15) is 5.01 Å². The van der Waals surface area contributed by atoms with E-state index in [1.54, 1.807) is 12.1 Å². The van der Waals surface area contributed by atoms with Gasteiger partial charge in [0.25, 0.3) is 5.91 Å². The first kappa shape index (κ1) is 24.7. The third kappa shape index (κ3) is 5.83. The summed E-state index contributed by atoms with van der Waals surface area (Å²) < 4.78 is 16.0. The van der Waals surface area contributed by atoms with E-state index in [-0.39, 0.29) is 5.91 Å². The standard InChI is InChI=1S/C25H31N5O4S/c1-17-7-5-6-8-19(17)30-13-11-29(12-14-30)10-9-22-27-28-25(35-22)26-24(31)18-15-20(32-2)23(34-4)21(16-18)33-3/h5-8,15-16H,9-14H2,1-4H3,(H,26,28,31). The van der Waals surface area contributed by atoms with Crippen molar-refractivity contribution < 1.29 is 19.0 Å². The molecule has 0 saturated carbocycles. The van der Waals surface area contributed by atoms with Crippen molar-refractivity contribution in [3.05, 3.63) is 52.5 Å². The second-order valence-corrected chi connectivity index (χ2v) is 9.30. The predicted molar refractivity (Wildman–Crippen MR) is 137 cm³/mol. The van der Waals surface area contributed by atoms with Crippen molar-refractivity contribution in [2.75, 3.05) is 64.3 Å². The van der Waals surface area contributed by atoms with Gasteiger partial charge in [-0.15, -0.1) is 10.2 Å². The smallest absolute Gasteiger partial charge is 0.257 e. The van der Waals surface area contributed by atoms with E-state index in [1.165, 1.54) is 43.9 Å². The van der Waals surface area contributed by atoms with Crippen molar-refractivity contribution in [2.24, 2.45) is 0 Å². The van der Waals surface area contributed by atoms with Crippen LogP contribution in [0.15, 0.2) is 36.4 Å². The van der Waals surface area contributed by atoms with Crippen molar-refractivity contribution >= 4 is 28.1 Å². The normalized spacial score (nSPS) is 14.0. The Bertz CT molecular complexity index is 1140. The first-order valence-corrected chi connectivity index (χ1v) is 12.3. The van der Waals surface area contributed by atoms with Gasteiger partial charge in [-0.3, -0.25) is 15.0 Å². The number of carbonyl (C=O) groups is 1. The highest BCUT2D eigenvalue weighted by molar-refractivity contribution is 7.15. The molecule has 9 nitrogen and oxygen atoms in total. The van der Waals surface area contributed by atoms with Crippen LogP contribution in [0.25, 0.3) is 0 Å². The summed E-state index contributed by atoms with van der Waals surface area (Å²) in [7, 11) is 4.55. The van der Waals surface area contributed by atoms with Crippen LogP contribution < -0.4 is 24.4 Å². The van der Waals surface area contributed by atoms with E-state index < -0.39 is 0 Å². The maximum absolute atomic E-state index is 12.8. The van der Waals surface area contributed by atoms with Crippen molar-refractivity contribution in [1.29, 1.82) is 0 Å². The maximum atomic E-state index is 12.8. The Balaban J connectivity index is 1.30. The Morgan fingerprint density at radius 1 is 1.00 bits per heavy atom. The first-order valence-electron chi connectivity index (χ1n) is 11.5. The Morgan fingerprint density at radius 3 is 2.31 bits per heavy atom. The molecule has 0 bridgehead atoms. The van der Waals surface area contributed by atoms with Crippen molar-refractivity contribution in [3.63, 3.8) is 0 Å². The Labute approximate surface area is 209 Å². The van der Waals surface area contributed by atoms with E-state index in [2.05, 4.69) is 56.5 Å². The van der Waals surface area contributed by atoms with E-state index in [4.69, 9.17) is 14.2 Å². The van der Waals surface area contributed by atoms with Gasteiger partial charge < -0.3 is 19.1 Å². The van der Waals surface area contributed by atoms with Crippen LogP contribution in [0.1, 0.15) is 20.9 Å². The molecule has 186 valence electrons. The third-order valence-electron chi connectivity index (χ3n) is 6.08. The summed E-state index contributed by atoms with van der Waals surface area (Å²) in [5.41, 5.74) is 3.02. The lowest BCUT2D eigenvalue weighted by atomic mass is 10.1. The summed E-state index contributed by atoms with van der Waals surface area (Å²) in [5.74, 6) is 0.943. The summed E-state index contributed by atoms with van der Waals surface area (Å²) >= 11 is 1.39. The highest BCUT2D eigenvalue weighted by Gasteiger charge is 2.20. The highest BCUT2D eigenvalue weighted by Crippen LogP contribution is 2.38. The molecular formula is C25H31N5O4S. The SMILES string of the molecule is COc1cc(C(=O)Nc2nnc(CCN3CCN(c4ccccc4C)CC3)s2)cc(OC)c1OC. The van der Waals surface area contributed by atoms with E-state index in [0.29, 0.717) is 27.9 Å². The summed E-state index contributed by atoms with van der Waals surface area (Å²) in [6.45, 7) is 7.12. The van der Waals surface area contributed by atoms with Gasteiger partial charge in [0.05, 0.1) is 21.3 Å². The van der Waals surface area contributed by atoms with Crippen LogP contribution >= 0.6 is 11.3 Å². The van der Waals surface area contributed by atoms with Gasteiger partial charge >= 0.3 is 0 Å². The summed E-state index contributed by atoms with van der Waals surface area (Å²) in [6.07, 6.45) is 0.794. The molecule has 2 aromatic carbocycles. The molecular weight excluding hydrogens is 466 g/mol. The number of nitrogens with zero attached hydrogens (tertiary/aromatic N) is 4. The minimum Gasteiger partial charge on any atom is -0.493 e. The van der Waals surface area contributed by atoms with Gasteiger partial charge in [0.2, 0.25) is 10.9 Å². The summed E-state index contributed by atoms with van der Waals surface area (Å²) in [4.78, 5) is 17.7. The van der Waals surface area contributed by atoms with Crippen LogP contribution in [-0.4, -0.2) is 75.1 Å². The first-order chi connectivity index (χ1) is 17.0. The molecule has 35 heavy (non-hydrogen) atoms. The van der Waals surface area contributed by atoms with Gasteiger partial charge in [-0.2, -0.15) is 0 Å². The predicted octanol–water partition coefficient (Wildman–Crippen LogP) is 3.49. The van der Waals surface area contributed by atoms with Gasteiger partial charge in [-0.25, -0.2) is 0 Å². The summed E-state index contributed by atoms with van der Waals surface area (Å²) in [6, 6.07) is 11.8. The fourth-order valence-corrected chi connectivity index (χ4v) is 4.89. The lowest BCUT2D eigenvalue weighted by Crippen LogP contribution is -2.47. The average molecular weight is 498 g/mol. The van der Waals surface area contributed by atoms with Crippen LogP contribution in [0.4, 0.5) is 10.8 Å². The molecule has 1 aromatic heterocycles. The van der Waals surface area contributed by atoms with Gasteiger partial charge in [0, 0.05) is 50.4 Å². The van der Waals surface area contributed by atoms with E-state index in [9.17, 15) is 4.79 Å². The highest BCUT2D eigenvalue weighted by atomic mass is 32.1. The van der Waals surface area contributed by atoms with Gasteiger partial charge in [0.15, 0.2) is 11.5 Å². The molecule has 1 fully saturated rings. The number of aryl methyl sites for hydroxylation is 1. The maximum Gasteiger partial charge on any atom is 0.257 e. The molecule has 1 aliphatic heterocycles. The Kier molecular flexibility index (Phi) is 8.04. The topological polar surface area (TPSA) is 89.0 Å². The van der Waals surface area contributed by atoms with Crippen LogP contribution in [-0.2, 0) is 6.42 Å². The van der Waals surface area contributed by atoms with Crippen molar-refractivity contribution in [2.45, 2.75) is 13.3 Å². The van der Waals surface area contributed by atoms with Crippen molar-refractivity contribution in [3.8, 4) is 17.2 Å². The average Bonchev–Trinajstić information content (AvgIpc) is 3.34. The lowest BCUT2D eigenvalue weighted by Gasteiger charge is -2.36. The molecule has 0 atom stereocenters. The second-order valence-electron chi connectivity index (χ2n) is 8.23. The van der Waals surface area contributed by atoms with Gasteiger partial charge in [-0.05, 0) is 30.7 Å². The number of benzene rings is 2. The number of aromatic nitrogens is 2. The third-order valence-corrected chi connectivity index (χ3v) is 6.98. The Morgan fingerprint density at radius 2 is 1.69 bits per heavy atom. The number of amides is 1. The molecule has 1 saturated heterocycles. The van der Waals surface area contributed by atoms with Crippen molar-refractivity contribution in [1.82, 2.24) is 15.1 Å². The largest absolute Gasteiger partial charge is 0.493 e. The molecule has 1 amide bonds. The molecule has 0 unspecified atom stereocenters. The van der Waals surface area contributed by atoms with Crippen LogP contribution in [0.2, 0.25) is 0 Å². The van der Waals surface area contributed by atoms with E-state index in [1.807, 2.05) is 0 Å². The molecule has 1 aliphatic rings. The number of para-hydroxylation sites is 1. The molecule has 0 radical (unpaired) electrons. The van der Waals surface area contributed by atoms with Crippen LogP contribution in [0.5, 0.6) is 17.2 Å². The number of piperazine rings is 1. The molecule has 2 heterocycles. The van der Waals surface area contributed by atoms with Gasteiger partial charge in [-0.1, -0.05) is 29.5 Å².